The molecule has 2 atom stereocenters. The fraction of sp³-hybridized carbons (Fsp3) is 0.400. The average Bonchev–Trinajstić information content (AvgIpc) is 3.34. The van der Waals surface area contributed by atoms with Crippen molar-refractivity contribution in [2.75, 3.05) is 19.7 Å². The summed E-state index contributed by atoms with van der Waals surface area (Å²) in [5.41, 5.74) is 1.46. The van der Waals surface area contributed by atoms with Gasteiger partial charge in [0.15, 0.2) is 5.16 Å². The molecule has 32 heavy (non-hydrogen) atoms. The van der Waals surface area contributed by atoms with Gasteiger partial charge < -0.3 is 9.64 Å². The van der Waals surface area contributed by atoms with Crippen molar-refractivity contribution in [2.24, 2.45) is 0 Å². The van der Waals surface area contributed by atoms with E-state index in [9.17, 15) is 9.59 Å². The van der Waals surface area contributed by atoms with Gasteiger partial charge in [0.05, 0.1) is 23.6 Å². The van der Waals surface area contributed by atoms with E-state index in [4.69, 9.17) is 9.72 Å². The lowest BCUT2D eigenvalue weighted by atomic mass is 10.1. The molecule has 2 heterocycles. The van der Waals surface area contributed by atoms with E-state index in [1.807, 2.05) is 67.3 Å². The Kier molecular flexibility index (Phi) is 7.27. The van der Waals surface area contributed by atoms with E-state index in [2.05, 4.69) is 0 Å². The summed E-state index contributed by atoms with van der Waals surface area (Å²) < 4.78 is 7.52. The highest BCUT2D eigenvalue weighted by atomic mass is 32.2. The SMILES string of the molecule is CCN(CC)C(=O)C(Sc1nc2ccccc2c(=O)n1CC1CCCO1)c1ccccc1. The topological polar surface area (TPSA) is 64.4 Å². The number of thioether (sulfide) groups is 1. The molecule has 1 aromatic heterocycles. The van der Waals surface area contributed by atoms with Crippen LogP contribution in [-0.2, 0) is 16.1 Å². The molecular formula is C25H29N3O3S. The van der Waals surface area contributed by atoms with Gasteiger partial charge in [-0.1, -0.05) is 54.2 Å². The Labute approximate surface area is 192 Å². The second kappa shape index (κ2) is 10.3. The highest BCUT2D eigenvalue weighted by Gasteiger charge is 2.29. The van der Waals surface area contributed by atoms with Gasteiger partial charge in [0, 0.05) is 19.7 Å². The number of carbonyl (C=O) groups is 1. The summed E-state index contributed by atoms with van der Waals surface area (Å²) in [5, 5.41) is 0.652. The molecule has 6 nitrogen and oxygen atoms in total. The predicted octanol–water partition coefficient (Wildman–Crippen LogP) is 4.28. The monoisotopic (exact) mass is 451 g/mol. The van der Waals surface area contributed by atoms with Crippen LogP contribution in [0.1, 0.15) is 37.5 Å². The average molecular weight is 452 g/mol. The summed E-state index contributed by atoms with van der Waals surface area (Å²) in [6.45, 7) is 6.39. The molecule has 0 N–H and O–H groups in total. The molecule has 3 aromatic rings. The van der Waals surface area contributed by atoms with Crippen molar-refractivity contribution in [3.63, 3.8) is 0 Å². The number of fused-ring (bicyclic) bond motifs is 1. The minimum absolute atomic E-state index is 0.0105. The smallest absolute Gasteiger partial charge is 0.262 e. The van der Waals surface area contributed by atoms with Crippen molar-refractivity contribution in [3.8, 4) is 0 Å². The first kappa shape index (κ1) is 22.6. The van der Waals surface area contributed by atoms with Crippen LogP contribution < -0.4 is 5.56 Å². The first-order valence-electron chi connectivity index (χ1n) is 11.2. The van der Waals surface area contributed by atoms with E-state index in [0.717, 1.165) is 25.0 Å². The lowest BCUT2D eigenvalue weighted by molar-refractivity contribution is -0.130. The number of benzene rings is 2. The minimum Gasteiger partial charge on any atom is -0.376 e. The van der Waals surface area contributed by atoms with E-state index < -0.39 is 5.25 Å². The van der Waals surface area contributed by atoms with Gasteiger partial charge in [0.25, 0.3) is 5.56 Å². The van der Waals surface area contributed by atoms with Crippen LogP contribution in [0.4, 0.5) is 0 Å². The van der Waals surface area contributed by atoms with Crippen molar-refractivity contribution < 1.29 is 9.53 Å². The number of ether oxygens (including phenoxy) is 1. The Morgan fingerprint density at radius 1 is 1.16 bits per heavy atom. The van der Waals surface area contributed by atoms with E-state index in [1.165, 1.54) is 11.8 Å². The minimum atomic E-state index is -0.486. The lowest BCUT2D eigenvalue weighted by Crippen LogP contribution is -2.34. The number of para-hydroxylation sites is 1. The molecule has 2 aromatic carbocycles. The van der Waals surface area contributed by atoms with Gasteiger partial charge >= 0.3 is 0 Å². The molecule has 2 unspecified atom stereocenters. The molecule has 0 bridgehead atoms. The van der Waals surface area contributed by atoms with Gasteiger partial charge in [0.2, 0.25) is 5.91 Å². The first-order valence-corrected chi connectivity index (χ1v) is 12.1. The molecule has 4 rings (SSSR count). The van der Waals surface area contributed by atoms with Crippen LogP contribution in [-0.4, -0.2) is 46.2 Å². The van der Waals surface area contributed by atoms with Crippen LogP contribution in [0.25, 0.3) is 10.9 Å². The van der Waals surface area contributed by atoms with Crippen LogP contribution in [0.3, 0.4) is 0 Å². The Bertz CT molecular complexity index is 1120. The highest BCUT2D eigenvalue weighted by molar-refractivity contribution is 8.00. The number of hydrogen-bond acceptors (Lipinski definition) is 5. The summed E-state index contributed by atoms with van der Waals surface area (Å²) in [4.78, 5) is 33.6. The van der Waals surface area contributed by atoms with E-state index >= 15 is 0 Å². The Morgan fingerprint density at radius 2 is 1.88 bits per heavy atom. The fourth-order valence-corrected chi connectivity index (χ4v) is 5.28. The number of carbonyl (C=O) groups excluding carboxylic acids is 1. The van der Waals surface area contributed by atoms with Crippen LogP contribution in [0, 0.1) is 0 Å². The predicted molar refractivity (Wildman–Crippen MR) is 128 cm³/mol. The Hall–Kier alpha value is -2.64. The molecule has 0 aliphatic carbocycles. The molecule has 1 aliphatic rings. The second-order valence-corrected chi connectivity index (χ2v) is 8.95. The van der Waals surface area contributed by atoms with E-state index in [0.29, 0.717) is 35.7 Å². The van der Waals surface area contributed by atoms with Crippen LogP contribution in [0.15, 0.2) is 64.5 Å². The van der Waals surface area contributed by atoms with Crippen LogP contribution >= 0.6 is 11.8 Å². The van der Waals surface area contributed by atoms with Crippen molar-refractivity contribution in [1.82, 2.24) is 14.5 Å². The number of hydrogen-bond donors (Lipinski definition) is 0. The molecule has 1 saturated heterocycles. The van der Waals surface area contributed by atoms with Gasteiger partial charge in [-0.15, -0.1) is 0 Å². The summed E-state index contributed by atoms with van der Waals surface area (Å²) in [7, 11) is 0. The third-order valence-corrected chi connectivity index (χ3v) is 7.09. The lowest BCUT2D eigenvalue weighted by Gasteiger charge is -2.26. The van der Waals surface area contributed by atoms with Crippen LogP contribution in [0.5, 0.6) is 0 Å². The number of aromatic nitrogens is 2. The largest absolute Gasteiger partial charge is 0.376 e. The molecule has 1 amide bonds. The Morgan fingerprint density at radius 3 is 2.56 bits per heavy atom. The third kappa shape index (κ3) is 4.74. The zero-order chi connectivity index (χ0) is 22.5. The second-order valence-electron chi connectivity index (χ2n) is 7.88. The molecule has 7 heteroatoms. The van der Waals surface area contributed by atoms with E-state index in [1.54, 1.807) is 10.6 Å². The Balaban J connectivity index is 1.80. The summed E-state index contributed by atoms with van der Waals surface area (Å²) in [5.74, 6) is 0.0253. The standard InChI is InChI=1S/C25H29N3O3S/c1-3-27(4-2)24(30)22(18-11-6-5-7-12-18)32-25-26-21-15-9-8-14-20(21)23(29)28(25)17-19-13-10-16-31-19/h5-9,11-12,14-15,19,22H,3-4,10,13,16-17H2,1-2H3. The molecule has 168 valence electrons. The van der Waals surface area contributed by atoms with Gasteiger partial charge in [-0.2, -0.15) is 0 Å². The number of likely N-dealkylation sites (N-methyl/N-ethyl adjacent to an activating group) is 1. The molecule has 1 aliphatic heterocycles. The van der Waals surface area contributed by atoms with Crippen molar-refractivity contribution in [2.45, 2.75) is 49.7 Å². The zero-order valence-electron chi connectivity index (χ0n) is 18.6. The van der Waals surface area contributed by atoms with Gasteiger partial charge in [-0.25, -0.2) is 4.98 Å². The quantitative estimate of drug-likeness (QED) is 0.378. The number of rotatable bonds is 8. The molecule has 0 saturated carbocycles. The fourth-order valence-electron chi connectivity index (χ4n) is 4.09. The van der Waals surface area contributed by atoms with Gasteiger partial charge in [0.1, 0.15) is 5.25 Å². The number of nitrogens with zero attached hydrogens (tertiary/aromatic N) is 3. The normalized spacial score (nSPS) is 16.9. The van der Waals surface area contributed by atoms with Gasteiger partial charge in [-0.3, -0.25) is 14.2 Å². The van der Waals surface area contributed by atoms with E-state index in [-0.39, 0.29) is 17.6 Å². The van der Waals surface area contributed by atoms with Crippen LogP contribution in [0.2, 0.25) is 0 Å². The maximum Gasteiger partial charge on any atom is 0.262 e. The number of amides is 1. The molecule has 1 fully saturated rings. The van der Waals surface area contributed by atoms with Crippen molar-refractivity contribution in [3.05, 3.63) is 70.5 Å². The maximum absolute atomic E-state index is 13.5. The molecule has 0 radical (unpaired) electrons. The highest BCUT2D eigenvalue weighted by Crippen LogP contribution is 2.36. The summed E-state index contributed by atoms with van der Waals surface area (Å²) in [6.07, 6.45) is 1.91. The zero-order valence-corrected chi connectivity index (χ0v) is 19.4. The van der Waals surface area contributed by atoms with Crippen molar-refractivity contribution in [1.29, 1.82) is 0 Å². The van der Waals surface area contributed by atoms with Crippen molar-refractivity contribution >= 4 is 28.6 Å². The third-order valence-electron chi connectivity index (χ3n) is 5.86. The maximum atomic E-state index is 13.5. The van der Waals surface area contributed by atoms with Gasteiger partial charge in [-0.05, 0) is 44.4 Å². The first-order chi connectivity index (χ1) is 15.6. The molecular weight excluding hydrogens is 422 g/mol. The summed E-state index contributed by atoms with van der Waals surface area (Å²) in [6, 6.07) is 17.1. The summed E-state index contributed by atoms with van der Waals surface area (Å²) >= 11 is 1.35. The molecule has 0 spiro atoms.